The minimum atomic E-state index is -0.133. The molecule has 0 spiro atoms. The fraction of sp³-hybridized carbons (Fsp3) is 0.818. The maximum Gasteiger partial charge on any atom is 0.126 e. The highest BCUT2D eigenvalue weighted by molar-refractivity contribution is 5.59. The number of nitrogens with zero attached hydrogens (tertiary/aromatic N) is 3. The molecule has 0 aliphatic heterocycles. The molecule has 1 aliphatic rings. The van der Waals surface area contributed by atoms with Gasteiger partial charge < -0.3 is 19.9 Å². The lowest BCUT2D eigenvalue weighted by molar-refractivity contribution is -0.118. The van der Waals surface area contributed by atoms with E-state index in [1.807, 2.05) is 13.2 Å². The van der Waals surface area contributed by atoms with E-state index in [2.05, 4.69) is 53.3 Å². The lowest BCUT2D eigenvalue weighted by Crippen LogP contribution is -2.34. The standard InChI is InChI=1S/C22H41N5O/c1-18(2)15-26(4)12-10-22(17-28)8-6-19(7-9-22)21-20(14-24-25-21)16-27(5)13-11-23-3/h14,17-19,23H,6-13,15-16H2,1-5H3,(H,24,25). The van der Waals surface area contributed by atoms with E-state index in [1.54, 1.807) is 0 Å². The van der Waals surface area contributed by atoms with Crippen molar-refractivity contribution in [2.75, 3.05) is 47.3 Å². The van der Waals surface area contributed by atoms with Crippen LogP contribution in [-0.4, -0.2) is 73.6 Å². The summed E-state index contributed by atoms with van der Waals surface area (Å²) in [6.45, 7) is 9.51. The summed E-state index contributed by atoms with van der Waals surface area (Å²) in [5.74, 6) is 1.16. The third-order valence-electron chi connectivity index (χ3n) is 6.24. The second-order valence-electron chi connectivity index (χ2n) is 9.31. The van der Waals surface area contributed by atoms with E-state index in [0.29, 0.717) is 11.8 Å². The molecule has 0 saturated heterocycles. The Bertz CT molecular complexity index is 577. The van der Waals surface area contributed by atoms with Crippen LogP contribution in [0.1, 0.15) is 63.1 Å². The van der Waals surface area contributed by atoms with Gasteiger partial charge in [0.25, 0.3) is 0 Å². The largest absolute Gasteiger partial charge is 0.318 e. The average molecular weight is 392 g/mol. The van der Waals surface area contributed by atoms with Crippen molar-refractivity contribution in [1.82, 2.24) is 25.3 Å². The predicted molar refractivity (Wildman–Crippen MR) is 116 cm³/mol. The van der Waals surface area contributed by atoms with E-state index in [0.717, 1.165) is 64.8 Å². The normalized spacial score (nSPS) is 23.1. The molecule has 0 aromatic carbocycles. The summed E-state index contributed by atoms with van der Waals surface area (Å²) in [5, 5.41) is 10.8. The Labute approximate surface area is 171 Å². The average Bonchev–Trinajstić information content (AvgIpc) is 3.12. The Kier molecular flexibility index (Phi) is 9.12. The molecule has 1 aromatic rings. The zero-order valence-electron chi connectivity index (χ0n) is 18.6. The molecule has 6 nitrogen and oxygen atoms in total. The van der Waals surface area contributed by atoms with Crippen LogP contribution in [0.15, 0.2) is 6.20 Å². The van der Waals surface area contributed by atoms with Crippen molar-refractivity contribution in [3.05, 3.63) is 17.5 Å². The minimum absolute atomic E-state index is 0.133. The number of aromatic nitrogens is 2. The zero-order valence-corrected chi connectivity index (χ0v) is 18.6. The van der Waals surface area contributed by atoms with Gasteiger partial charge in [-0.05, 0) is 65.7 Å². The van der Waals surface area contributed by atoms with Crippen LogP contribution in [0.5, 0.6) is 0 Å². The van der Waals surface area contributed by atoms with Gasteiger partial charge in [0, 0.05) is 48.8 Å². The number of likely N-dealkylation sites (N-methyl/N-ethyl adjacent to an activating group) is 2. The minimum Gasteiger partial charge on any atom is -0.318 e. The molecule has 0 bridgehead atoms. The number of hydrogen-bond acceptors (Lipinski definition) is 5. The molecule has 28 heavy (non-hydrogen) atoms. The molecule has 2 N–H and O–H groups in total. The first-order valence-electron chi connectivity index (χ1n) is 10.9. The van der Waals surface area contributed by atoms with Crippen molar-refractivity contribution in [1.29, 1.82) is 0 Å². The third kappa shape index (κ3) is 6.68. The molecule has 1 aromatic heterocycles. The third-order valence-corrected chi connectivity index (χ3v) is 6.24. The number of carbonyl (C=O) groups excluding carboxylic acids is 1. The molecular weight excluding hydrogens is 350 g/mol. The molecule has 2 rings (SSSR count). The highest BCUT2D eigenvalue weighted by atomic mass is 16.1. The van der Waals surface area contributed by atoms with Gasteiger partial charge in [-0.15, -0.1) is 0 Å². The van der Waals surface area contributed by atoms with Crippen LogP contribution in [0.25, 0.3) is 0 Å². The molecule has 6 heteroatoms. The van der Waals surface area contributed by atoms with E-state index < -0.39 is 0 Å². The Morgan fingerprint density at radius 3 is 2.61 bits per heavy atom. The highest BCUT2D eigenvalue weighted by Gasteiger charge is 2.36. The highest BCUT2D eigenvalue weighted by Crippen LogP contribution is 2.44. The smallest absolute Gasteiger partial charge is 0.126 e. The van der Waals surface area contributed by atoms with Gasteiger partial charge in [-0.2, -0.15) is 5.10 Å². The summed E-state index contributed by atoms with van der Waals surface area (Å²) in [7, 11) is 6.31. The number of aldehydes is 1. The van der Waals surface area contributed by atoms with Crippen LogP contribution in [0.2, 0.25) is 0 Å². The van der Waals surface area contributed by atoms with Gasteiger partial charge in [0.15, 0.2) is 0 Å². The van der Waals surface area contributed by atoms with Crippen molar-refractivity contribution in [2.45, 2.75) is 58.4 Å². The Morgan fingerprint density at radius 2 is 2.00 bits per heavy atom. The number of rotatable bonds is 12. The predicted octanol–water partition coefficient (Wildman–Crippen LogP) is 2.88. The van der Waals surface area contributed by atoms with Crippen LogP contribution in [0, 0.1) is 11.3 Å². The molecule has 0 unspecified atom stereocenters. The fourth-order valence-electron chi connectivity index (χ4n) is 4.51. The molecule has 0 radical (unpaired) electrons. The van der Waals surface area contributed by atoms with Crippen LogP contribution < -0.4 is 5.32 Å². The van der Waals surface area contributed by atoms with Gasteiger partial charge in [0.1, 0.15) is 6.29 Å². The van der Waals surface area contributed by atoms with Gasteiger partial charge in [-0.1, -0.05) is 13.8 Å². The Morgan fingerprint density at radius 1 is 1.29 bits per heavy atom. The number of nitrogens with one attached hydrogen (secondary N) is 2. The fourth-order valence-corrected chi connectivity index (χ4v) is 4.51. The summed E-state index contributed by atoms with van der Waals surface area (Å²) in [6.07, 6.45) is 8.34. The maximum atomic E-state index is 12.0. The molecule has 160 valence electrons. The molecular formula is C22H41N5O. The van der Waals surface area contributed by atoms with E-state index in [4.69, 9.17) is 0 Å². The van der Waals surface area contributed by atoms with Crippen LogP contribution in [0.3, 0.4) is 0 Å². The number of H-pyrrole nitrogens is 1. The summed E-state index contributed by atoms with van der Waals surface area (Å²) >= 11 is 0. The van der Waals surface area contributed by atoms with E-state index in [-0.39, 0.29) is 5.41 Å². The summed E-state index contributed by atoms with van der Waals surface area (Å²) in [5.41, 5.74) is 2.46. The first kappa shape index (κ1) is 23.0. The van der Waals surface area contributed by atoms with E-state index in [9.17, 15) is 4.79 Å². The van der Waals surface area contributed by atoms with Crippen molar-refractivity contribution >= 4 is 6.29 Å². The Hall–Kier alpha value is -1.24. The zero-order chi connectivity index (χ0) is 20.6. The topological polar surface area (TPSA) is 64.3 Å². The molecule has 1 aliphatic carbocycles. The van der Waals surface area contributed by atoms with Gasteiger partial charge >= 0.3 is 0 Å². The second kappa shape index (κ2) is 11.1. The van der Waals surface area contributed by atoms with E-state index >= 15 is 0 Å². The van der Waals surface area contributed by atoms with Crippen molar-refractivity contribution < 1.29 is 4.79 Å². The lowest BCUT2D eigenvalue weighted by atomic mass is 9.68. The monoisotopic (exact) mass is 391 g/mol. The SMILES string of the molecule is CNCCN(C)Cc1cn[nH]c1C1CCC(C=O)(CCN(C)CC(C)C)CC1. The molecule has 1 fully saturated rings. The van der Waals surface area contributed by atoms with Crippen molar-refractivity contribution in [3.63, 3.8) is 0 Å². The van der Waals surface area contributed by atoms with Crippen LogP contribution in [0.4, 0.5) is 0 Å². The molecule has 0 atom stereocenters. The summed E-state index contributed by atoms with van der Waals surface area (Å²) < 4.78 is 0. The quantitative estimate of drug-likeness (QED) is 0.537. The van der Waals surface area contributed by atoms with Crippen LogP contribution in [-0.2, 0) is 11.3 Å². The number of carbonyl (C=O) groups is 1. The van der Waals surface area contributed by atoms with Crippen LogP contribution >= 0.6 is 0 Å². The van der Waals surface area contributed by atoms with E-state index in [1.165, 1.54) is 17.5 Å². The van der Waals surface area contributed by atoms with Crippen molar-refractivity contribution in [3.8, 4) is 0 Å². The maximum absolute atomic E-state index is 12.0. The van der Waals surface area contributed by atoms with Gasteiger partial charge in [-0.25, -0.2) is 0 Å². The first-order valence-corrected chi connectivity index (χ1v) is 10.9. The van der Waals surface area contributed by atoms with Gasteiger partial charge in [0.05, 0.1) is 6.20 Å². The van der Waals surface area contributed by atoms with Crippen molar-refractivity contribution in [2.24, 2.45) is 11.3 Å². The second-order valence-corrected chi connectivity index (χ2v) is 9.31. The number of hydrogen-bond donors (Lipinski definition) is 2. The molecule has 1 heterocycles. The number of aromatic amines is 1. The summed E-state index contributed by atoms with van der Waals surface area (Å²) in [6, 6.07) is 0. The Balaban J connectivity index is 1.90. The molecule has 0 amide bonds. The first-order chi connectivity index (χ1) is 13.4. The lowest BCUT2D eigenvalue weighted by Gasteiger charge is -2.37. The van der Waals surface area contributed by atoms with Gasteiger partial charge in [0.2, 0.25) is 0 Å². The molecule has 1 saturated carbocycles. The van der Waals surface area contributed by atoms with Gasteiger partial charge in [-0.3, -0.25) is 5.10 Å². The summed E-state index contributed by atoms with van der Waals surface area (Å²) in [4.78, 5) is 16.7.